The predicted octanol–water partition coefficient (Wildman–Crippen LogP) is 2.52. The van der Waals surface area contributed by atoms with E-state index in [2.05, 4.69) is 17.0 Å². The van der Waals surface area contributed by atoms with Gasteiger partial charge in [0.2, 0.25) is 0 Å². The fraction of sp³-hybridized carbons (Fsp3) is 0.381. The second-order valence-electron chi connectivity index (χ2n) is 6.91. The highest BCUT2D eigenvalue weighted by Gasteiger charge is 2.32. The zero-order valence-corrected chi connectivity index (χ0v) is 15.3. The highest BCUT2D eigenvalue weighted by molar-refractivity contribution is 5.83. The molecule has 2 heterocycles. The molecule has 0 saturated carbocycles. The standard InChI is InChI=1S/C21H24N2O3/c1-22-14-20(26-19-6-4-3-5-18(19)22)21(24)23-11-9-15-7-8-17(25-2)13-16(15)10-12-23/h3-8,13,20H,9-12,14H2,1-2H3. The van der Waals surface area contributed by atoms with E-state index in [0.29, 0.717) is 13.1 Å². The minimum atomic E-state index is -0.453. The van der Waals surface area contributed by atoms with Crippen LogP contribution < -0.4 is 14.4 Å². The van der Waals surface area contributed by atoms with Gasteiger partial charge in [-0.25, -0.2) is 0 Å². The molecule has 2 aliphatic rings. The minimum absolute atomic E-state index is 0.0751. The van der Waals surface area contributed by atoms with Gasteiger partial charge in [-0.2, -0.15) is 0 Å². The van der Waals surface area contributed by atoms with E-state index < -0.39 is 6.10 Å². The fourth-order valence-electron chi connectivity index (χ4n) is 3.79. The van der Waals surface area contributed by atoms with Gasteiger partial charge in [-0.15, -0.1) is 0 Å². The van der Waals surface area contributed by atoms with Crippen molar-refractivity contribution in [3.8, 4) is 11.5 Å². The molecular formula is C21H24N2O3. The van der Waals surface area contributed by atoms with E-state index in [1.54, 1.807) is 7.11 Å². The number of carbonyl (C=O) groups excluding carboxylic acids is 1. The quantitative estimate of drug-likeness (QED) is 0.833. The van der Waals surface area contributed by atoms with Crippen molar-refractivity contribution in [1.82, 2.24) is 4.90 Å². The van der Waals surface area contributed by atoms with Crippen molar-refractivity contribution in [2.24, 2.45) is 0 Å². The topological polar surface area (TPSA) is 42.0 Å². The lowest BCUT2D eigenvalue weighted by Gasteiger charge is -2.35. The fourth-order valence-corrected chi connectivity index (χ4v) is 3.79. The van der Waals surface area contributed by atoms with Gasteiger partial charge in [0.05, 0.1) is 19.3 Å². The molecule has 0 N–H and O–H groups in total. The smallest absolute Gasteiger partial charge is 0.265 e. The van der Waals surface area contributed by atoms with E-state index >= 15 is 0 Å². The highest BCUT2D eigenvalue weighted by Crippen LogP contribution is 2.32. The van der Waals surface area contributed by atoms with Gasteiger partial charge in [0.1, 0.15) is 11.5 Å². The first kappa shape index (κ1) is 16.8. The number of nitrogens with zero attached hydrogens (tertiary/aromatic N) is 2. The average Bonchev–Trinajstić information content (AvgIpc) is 2.89. The third kappa shape index (κ3) is 3.09. The third-order valence-electron chi connectivity index (χ3n) is 5.29. The summed E-state index contributed by atoms with van der Waals surface area (Å²) in [4.78, 5) is 17.1. The molecule has 2 aromatic rings. The molecular weight excluding hydrogens is 328 g/mol. The second-order valence-corrected chi connectivity index (χ2v) is 6.91. The highest BCUT2D eigenvalue weighted by atomic mass is 16.5. The number of amides is 1. The Morgan fingerprint density at radius 2 is 1.88 bits per heavy atom. The molecule has 136 valence electrons. The summed E-state index contributed by atoms with van der Waals surface area (Å²) >= 11 is 0. The van der Waals surface area contributed by atoms with Crippen molar-refractivity contribution in [2.75, 3.05) is 38.7 Å². The molecule has 0 aromatic heterocycles. The number of benzene rings is 2. The summed E-state index contributed by atoms with van der Waals surface area (Å²) < 4.78 is 11.3. The van der Waals surface area contributed by atoms with E-state index in [-0.39, 0.29) is 5.91 Å². The monoisotopic (exact) mass is 352 g/mol. The number of likely N-dealkylation sites (N-methyl/N-ethyl adjacent to an activating group) is 1. The molecule has 1 unspecified atom stereocenters. The maximum atomic E-state index is 13.1. The van der Waals surface area contributed by atoms with Gasteiger partial charge >= 0.3 is 0 Å². The van der Waals surface area contributed by atoms with Crippen molar-refractivity contribution in [3.63, 3.8) is 0 Å². The molecule has 2 aromatic carbocycles. The van der Waals surface area contributed by atoms with Crippen LogP contribution in [0.25, 0.3) is 0 Å². The Labute approximate surface area is 154 Å². The van der Waals surface area contributed by atoms with Gasteiger partial charge in [-0.05, 0) is 48.2 Å². The normalized spacial score (nSPS) is 19.1. The number of carbonyl (C=O) groups is 1. The van der Waals surface area contributed by atoms with Crippen LogP contribution in [0.15, 0.2) is 42.5 Å². The predicted molar refractivity (Wildman–Crippen MR) is 101 cm³/mol. The number of ether oxygens (including phenoxy) is 2. The molecule has 0 radical (unpaired) electrons. The molecule has 0 spiro atoms. The molecule has 5 nitrogen and oxygen atoms in total. The van der Waals surface area contributed by atoms with Crippen molar-refractivity contribution in [1.29, 1.82) is 0 Å². The number of fused-ring (bicyclic) bond motifs is 2. The van der Waals surface area contributed by atoms with Crippen molar-refractivity contribution in [3.05, 3.63) is 53.6 Å². The molecule has 0 fully saturated rings. The van der Waals surface area contributed by atoms with Crippen LogP contribution in [0.4, 0.5) is 5.69 Å². The lowest BCUT2D eigenvalue weighted by molar-refractivity contribution is -0.138. The first-order valence-corrected chi connectivity index (χ1v) is 9.07. The third-order valence-corrected chi connectivity index (χ3v) is 5.29. The molecule has 5 heteroatoms. The Hall–Kier alpha value is -2.69. The van der Waals surface area contributed by atoms with Gasteiger partial charge in [0, 0.05) is 20.1 Å². The first-order chi connectivity index (χ1) is 12.7. The summed E-state index contributed by atoms with van der Waals surface area (Å²) in [6.45, 7) is 2.01. The Kier molecular flexibility index (Phi) is 4.45. The number of anilines is 1. The van der Waals surface area contributed by atoms with Crippen LogP contribution in [0.3, 0.4) is 0 Å². The average molecular weight is 352 g/mol. The summed E-state index contributed by atoms with van der Waals surface area (Å²) in [5.41, 5.74) is 3.60. The van der Waals surface area contributed by atoms with Gasteiger partial charge in [0.15, 0.2) is 6.10 Å². The molecule has 26 heavy (non-hydrogen) atoms. The van der Waals surface area contributed by atoms with Gasteiger partial charge in [-0.3, -0.25) is 4.79 Å². The van der Waals surface area contributed by atoms with Crippen molar-refractivity contribution >= 4 is 11.6 Å². The number of para-hydroxylation sites is 2. The summed E-state index contributed by atoms with van der Waals surface area (Å²) in [6, 6.07) is 14.1. The van der Waals surface area contributed by atoms with E-state index in [4.69, 9.17) is 9.47 Å². The number of hydrogen-bond acceptors (Lipinski definition) is 4. The van der Waals surface area contributed by atoms with Gasteiger partial charge in [0.25, 0.3) is 5.91 Å². The Bertz CT molecular complexity index is 821. The van der Waals surface area contributed by atoms with Crippen molar-refractivity contribution < 1.29 is 14.3 Å². The maximum Gasteiger partial charge on any atom is 0.265 e. The van der Waals surface area contributed by atoms with Crippen LogP contribution in [-0.2, 0) is 17.6 Å². The van der Waals surface area contributed by atoms with E-state index in [1.165, 1.54) is 11.1 Å². The molecule has 0 saturated heterocycles. The molecule has 4 rings (SSSR count). The van der Waals surface area contributed by atoms with Crippen molar-refractivity contribution in [2.45, 2.75) is 18.9 Å². The number of rotatable bonds is 2. The largest absolute Gasteiger partial charge is 0.497 e. The van der Waals surface area contributed by atoms with Crippen LogP contribution in [-0.4, -0.2) is 50.7 Å². The Balaban J connectivity index is 1.48. The molecule has 2 aliphatic heterocycles. The summed E-state index contributed by atoms with van der Waals surface area (Å²) in [5.74, 6) is 1.73. The molecule has 1 atom stereocenters. The lowest BCUT2D eigenvalue weighted by atomic mass is 10.0. The first-order valence-electron chi connectivity index (χ1n) is 9.07. The van der Waals surface area contributed by atoms with Crippen LogP contribution in [0, 0.1) is 0 Å². The zero-order valence-electron chi connectivity index (χ0n) is 15.3. The Morgan fingerprint density at radius 3 is 2.69 bits per heavy atom. The maximum absolute atomic E-state index is 13.1. The van der Waals surface area contributed by atoms with Gasteiger partial charge < -0.3 is 19.3 Å². The van der Waals surface area contributed by atoms with Crippen LogP contribution >= 0.6 is 0 Å². The van der Waals surface area contributed by atoms with E-state index in [0.717, 1.165) is 36.6 Å². The molecule has 1 amide bonds. The summed E-state index contributed by atoms with van der Waals surface area (Å²) in [7, 11) is 3.69. The number of hydrogen-bond donors (Lipinski definition) is 0. The van der Waals surface area contributed by atoms with Gasteiger partial charge in [-0.1, -0.05) is 18.2 Å². The lowest BCUT2D eigenvalue weighted by Crippen LogP contribution is -2.50. The SMILES string of the molecule is COc1ccc2c(c1)CCN(C(=O)C1CN(C)c3ccccc3O1)CC2. The second kappa shape index (κ2) is 6.90. The summed E-state index contributed by atoms with van der Waals surface area (Å²) in [6.07, 6.45) is 1.26. The van der Waals surface area contributed by atoms with E-state index in [1.807, 2.05) is 42.3 Å². The number of methoxy groups -OCH3 is 1. The van der Waals surface area contributed by atoms with E-state index in [9.17, 15) is 4.79 Å². The molecule has 0 aliphatic carbocycles. The molecule has 0 bridgehead atoms. The summed E-state index contributed by atoms with van der Waals surface area (Å²) in [5, 5.41) is 0. The zero-order chi connectivity index (χ0) is 18.1. The minimum Gasteiger partial charge on any atom is -0.497 e. The van der Waals surface area contributed by atoms with Crippen LogP contribution in [0.2, 0.25) is 0 Å². The van der Waals surface area contributed by atoms with Crippen LogP contribution in [0.1, 0.15) is 11.1 Å². The van der Waals surface area contributed by atoms with Crippen LogP contribution in [0.5, 0.6) is 11.5 Å². The Morgan fingerprint density at radius 1 is 1.12 bits per heavy atom.